The van der Waals surface area contributed by atoms with Crippen molar-refractivity contribution in [2.45, 2.75) is 45.8 Å². The zero-order valence-electron chi connectivity index (χ0n) is 14.5. The number of anilines is 1. The Morgan fingerprint density at radius 1 is 1.22 bits per heavy atom. The molecule has 0 saturated carbocycles. The molecule has 2 amide bonds. The summed E-state index contributed by atoms with van der Waals surface area (Å²) in [6, 6.07) is 6.81. The van der Waals surface area contributed by atoms with Crippen LogP contribution in [0.3, 0.4) is 0 Å². The quantitative estimate of drug-likeness (QED) is 0.866. The largest absolute Gasteiger partial charge is 0.444 e. The summed E-state index contributed by atoms with van der Waals surface area (Å²) in [5.41, 5.74) is -0.739. The Balaban J connectivity index is 3.15. The van der Waals surface area contributed by atoms with E-state index < -0.39 is 17.2 Å². The number of benzene rings is 1. The van der Waals surface area contributed by atoms with Crippen molar-refractivity contribution in [2.75, 3.05) is 12.4 Å². The molecule has 0 aliphatic heterocycles. The average Bonchev–Trinajstić information content (AvgIpc) is 2.43. The van der Waals surface area contributed by atoms with Crippen molar-refractivity contribution in [3.63, 3.8) is 0 Å². The lowest BCUT2D eigenvalue weighted by atomic mass is 9.92. The molecular weight excluding hydrogens is 296 g/mol. The predicted octanol–water partition coefficient (Wildman–Crippen LogP) is 2.93. The van der Waals surface area contributed by atoms with Crippen LogP contribution in [0.4, 0.5) is 10.5 Å². The lowest BCUT2D eigenvalue weighted by Gasteiger charge is -2.35. The monoisotopic (exact) mass is 320 g/mol. The van der Waals surface area contributed by atoms with E-state index >= 15 is 0 Å². The zero-order valence-corrected chi connectivity index (χ0v) is 14.5. The summed E-state index contributed by atoms with van der Waals surface area (Å²) >= 11 is 0. The third-order valence-electron chi connectivity index (χ3n) is 3.36. The minimum Gasteiger partial charge on any atom is -0.444 e. The van der Waals surface area contributed by atoms with E-state index in [2.05, 4.69) is 5.32 Å². The SMILES string of the molecule is CC(=O)Nc1cccc(C(C)(C=O)N(C)C(=O)OC(C)(C)C)c1. The minimum atomic E-state index is -1.21. The second-order valence-electron chi connectivity index (χ2n) is 6.57. The fourth-order valence-corrected chi connectivity index (χ4v) is 1.98. The van der Waals surface area contributed by atoms with E-state index in [1.54, 1.807) is 52.0 Å². The molecule has 1 rings (SSSR count). The van der Waals surface area contributed by atoms with Crippen LogP contribution in [0.2, 0.25) is 0 Å². The summed E-state index contributed by atoms with van der Waals surface area (Å²) in [6.45, 7) is 8.30. The highest BCUT2D eigenvalue weighted by Gasteiger charge is 2.36. The molecule has 0 fully saturated rings. The predicted molar refractivity (Wildman–Crippen MR) is 88.2 cm³/mol. The molecule has 1 N–H and O–H groups in total. The number of aldehydes is 1. The fourth-order valence-electron chi connectivity index (χ4n) is 1.98. The van der Waals surface area contributed by atoms with Crippen LogP contribution < -0.4 is 5.32 Å². The number of hydrogen-bond acceptors (Lipinski definition) is 4. The van der Waals surface area contributed by atoms with Crippen molar-refractivity contribution in [3.8, 4) is 0 Å². The summed E-state index contributed by atoms with van der Waals surface area (Å²) in [5.74, 6) is -0.213. The van der Waals surface area contributed by atoms with Crippen molar-refractivity contribution in [1.82, 2.24) is 4.90 Å². The van der Waals surface area contributed by atoms with Crippen LogP contribution in [0.25, 0.3) is 0 Å². The number of ether oxygens (including phenoxy) is 1. The van der Waals surface area contributed by atoms with E-state index in [-0.39, 0.29) is 5.91 Å². The second kappa shape index (κ2) is 6.81. The Morgan fingerprint density at radius 2 is 1.83 bits per heavy atom. The highest BCUT2D eigenvalue weighted by Crippen LogP contribution is 2.28. The molecule has 0 aliphatic rings. The van der Waals surface area contributed by atoms with E-state index in [1.807, 2.05) is 0 Å². The molecule has 0 aromatic heterocycles. The van der Waals surface area contributed by atoms with Crippen molar-refractivity contribution in [3.05, 3.63) is 29.8 Å². The van der Waals surface area contributed by atoms with Gasteiger partial charge in [0.25, 0.3) is 0 Å². The van der Waals surface area contributed by atoms with Crippen LogP contribution in [-0.2, 0) is 19.9 Å². The minimum absolute atomic E-state index is 0.213. The van der Waals surface area contributed by atoms with Crippen LogP contribution in [0, 0.1) is 0 Å². The Labute approximate surface area is 136 Å². The van der Waals surface area contributed by atoms with E-state index in [4.69, 9.17) is 4.74 Å². The van der Waals surface area contributed by atoms with Gasteiger partial charge in [-0.05, 0) is 45.4 Å². The van der Waals surface area contributed by atoms with Crippen LogP contribution in [0.5, 0.6) is 0 Å². The summed E-state index contributed by atoms with van der Waals surface area (Å²) < 4.78 is 5.32. The van der Waals surface area contributed by atoms with Gasteiger partial charge in [-0.15, -0.1) is 0 Å². The van der Waals surface area contributed by atoms with Gasteiger partial charge in [0, 0.05) is 19.7 Å². The summed E-state index contributed by atoms with van der Waals surface area (Å²) in [4.78, 5) is 36.4. The molecule has 0 aliphatic carbocycles. The third kappa shape index (κ3) is 4.81. The van der Waals surface area contributed by atoms with Crippen LogP contribution in [-0.4, -0.2) is 35.8 Å². The molecule has 0 heterocycles. The number of hydrogen-bond donors (Lipinski definition) is 1. The van der Waals surface area contributed by atoms with Gasteiger partial charge < -0.3 is 14.8 Å². The molecule has 0 saturated heterocycles. The lowest BCUT2D eigenvalue weighted by molar-refractivity contribution is -0.117. The van der Waals surface area contributed by atoms with Gasteiger partial charge in [-0.1, -0.05) is 12.1 Å². The van der Waals surface area contributed by atoms with Gasteiger partial charge in [-0.3, -0.25) is 9.69 Å². The number of nitrogens with one attached hydrogen (secondary N) is 1. The van der Waals surface area contributed by atoms with Crippen molar-refractivity contribution >= 4 is 24.0 Å². The van der Waals surface area contributed by atoms with Crippen LogP contribution >= 0.6 is 0 Å². The lowest BCUT2D eigenvalue weighted by Crippen LogP contribution is -2.48. The number of carbonyl (C=O) groups is 3. The molecule has 6 heteroatoms. The first-order valence-corrected chi connectivity index (χ1v) is 7.31. The Hall–Kier alpha value is -2.37. The molecule has 1 aromatic rings. The van der Waals surface area contributed by atoms with Crippen molar-refractivity contribution < 1.29 is 19.1 Å². The molecular formula is C17H24N2O4. The smallest absolute Gasteiger partial charge is 0.411 e. The maximum atomic E-state index is 12.3. The molecule has 0 bridgehead atoms. The average molecular weight is 320 g/mol. The van der Waals surface area contributed by atoms with Crippen molar-refractivity contribution in [2.24, 2.45) is 0 Å². The third-order valence-corrected chi connectivity index (χ3v) is 3.36. The molecule has 23 heavy (non-hydrogen) atoms. The molecule has 126 valence electrons. The number of rotatable bonds is 4. The van der Waals surface area contributed by atoms with E-state index in [0.29, 0.717) is 17.5 Å². The number of likely N-dealkylation sites (N-methyl/N-ethyl adjacent to an activating group) is 1. The van der Waals surface area contributed by atoms with E-state index in [0.717, 1.165) is 0 Å². The van der Waals surface area contributed by atoms with Gasteiger partial charge in [0.15, 0.2) is 0 Å². The maximum absolute atomic E-state index is 12.3. The van der Waals surface area contributed by atoms with Gasteiger partial charge in [0.1, 0.15) is 17.4 Å². The first-order chi connectivity index (χ1) is 10.5. The normalized spacial score (nSPS) is 13.7. The first-order valence-electron chi connectivity index (χ1n) is 7.31. The summed E-state index contributed by atoms with van der Waals surface area (Å²) in [6.07, 6.45) is 0.0844. The molecule has 6 nitrogen and oxygen atoms in total. The van der Waals surface area contributed by atoms with Gasteiger partial charge in [-0.2, -0.15) is 0 Å². The molecule has 0 radical (unpaired) electrons. The number of nitrogens with zero attached hydrogens (tertiary/aromatic N) is 1. The standard InChI is InChI=1S/C17H24N2O4/c1-12(21)18-14-9-7-8-13(10-14)17(5,11-20)19(6)15(22)23-16(2,3)4/h7-11H,1-6H3,(H,18,21). The zero-order chi connectivity index (χ0) is 17.8. The van der Waals surface area contributed by atoms with Gasteiger partial charge in [0.05, 0.1) is 0 Å². The molecule has 0 spiro atoms. The topological polar surface area (TPSA) is 75.7 Å². The fraction of sp³-hybridized carbons (Fsp3) is 0.471. The van der Waals surface area contributed by atoms with E-state index in [9.17, 15) is 14.4 Å². The Bertz CT molecular complexity index is 607. The van der Waals surface area contributed by atoms with Crippen LogP contribution in [0.15, 0.2) is 24.3 Å². The van der Waals surface area contributed by atoms with Gasteiger partial charge in [-0.25, -0.2) is 4.79 Å². The highest BCUT2D eigenvalue weighted by molar-refractivity contribution is 5.89. The van der Waals surface area contributed by atoms with Gasteiger partial charge in [0.2, 0.25) is 5.91 Å². The molecule has 1 atom stereocenters. The summed E-state index contributed by atoms with van der Waals surface area (Å²) in [7, 11) is 1.51. The number of carbonyl (C=O) groups excluding carboxylic acids is 3. The second-order valence-corrected chi connectivity index (χ2v) is 6.57. The van der Waals surface area contributed by atoms with Crippen molar-refractivity contribution in [1.29, 1.82) is 0 Å². The Kier molecular flexibility index (Phi) is 5.53. The van der Waals surface area contributed by atoms with E-state index in [1.165, 1.54) is 18.9 Å². The molecule has 1 unspecified atom stereocenters. The first kappa shape index (κ1) is 18.7. The highest BCUT2D eigenvalue weighted by atomic mass is 16.6. The summed E-state index contributed by atoms with van der Waals surface area (Å²) in [5, 5.41) is 2.66. The maximum Gasteiger partial charge on any atom is 0.411 e. The molecule has 1 aromatic carbocycles. The van der Waals surface area contributed by atoms with Crippen LogP contribution in [0.1, 0.15) is 40.2 Å². The number of amides is 2. The van der Waals surface area contributed by atoms with Gasteiger partial charge >= 0.3 is 6.09 Å². The Morgan fingerprint density at radius 3 is 2.30 bits per heavy atom.